The second-order valence-electron chi connectivity index (χ2n) is 8.18. The predicted molar refractivity (Wildman–Crippen MR) is 117 cm³/mol. The summed E-state index contributed by atoms with van der Waals surface area (Å²) in [5, 5.41) is 1.33. The molecule has 1 fully saturated rings. The Labute approximate surface area is 168 Å². The van der Waals surface area contributed by atoms with E-state index in [1.165, 1.54) is 73.8 Å². The minimum absolute atomic E-state index is 0.819. The summed E-state index contributed by atoms with van der Waals surface area (Å²) in [4.78, 5) is 6.08. The number of methoxy groups -OCH3 is 1. The smallest absolute Gasteiger partial charge is 0.120 e. The van der Waals surface area contributed by atoms with E-state index in [1.807, 2.05) is 0 Å². The highest BCUT2D eigenvalue weighted by Gasteiger charge is 2.19. The average Bonchev–Trinajstić information content (AvgIpc) is 3.14. The number of benzene rings is 2. The predicted octanol–water partition coefficient (Wildman–Crippen LogP) is 5.45. The topological polar surface area (TPSA) is 28.3 Å². The molecule has 1 unspecified atom stereocenters. The molecule has 1 aromatic heterocycles. The van der Waals surface area contributed by atoms with Gasteiger partial charge in [0.05, 0.1) is 7.11 Å². The molecule has 1 atom stereocenters. The zero-order valence-corrected chi connectivity index (χ0v) is 17.0. The van der Waals surface area contributed by atoms with Crippen LogP contribution in [0.1, 0.15) is 36.8 Å². The molecule has 4 rings (SSSR count). The second kappa shape index (κ2) is 9.29. The van der Waals surface area contributed by atoms with Crippen molar-refractivity contribution >= 4 is 10.9 Å². The maximum atomic E-state index is 5.32. The number of aryl methyl sites for hydroxylation is 1. The van der Waals surface area contributed by atoms with Gasteiger partial charge in [-0.2, -0.15) is 0 Å². The van der Waals surface area contributed by atoms with E-state index in [0.717, 1.165) is 18.1 Å². The molecule has 0 amide bonds. The highest BCUT2D eigenvalue weighted by atomic mass is 16.5. The Hall–Kier alpha value is -2.26. The van der Waals surface area contributed by atoms with E-state index in [0.29, 0.717) is 0 Å². The van der Waals surface area contributed by atoms with Crippen LogP contribution in [0.4, 0.5) is 0 Å². The molecule has 1 aliphatic rings. The summed E-state index contributed by atoms with van der Waals surface area (Å²) in [5.74, 6) is 1.73. The molecule has 28 heavy (non-hydrogen) atoms. The number of aromatic amines is 1. The van der Waals surface area contributed by atoms with Crippen LogP contribution in [0.25, 0.3) is 10.9 Å². The fourth-order valence-corrected chi connectivity index (χ4v) is 4.62. The molecule has 3 nitrogen and oxygen atoms in total. The van der Waals surface area contributed by atoms with Crippen LogP contribution in [0.5, 0.6) is 5.75 Å². The first-order chi connectivity index (χ1) is 13.8. The number of unbranched alkanes of at least 4 members (excludes halogenated alkanes) is 1. The summed E-state index contributed by atoms with van der Waals surface area (Å²) in [6.45, 7) is 3.78. The largest absolute Gasteiger partial charge is 0.497 e. The Balaban J connectivity index is 1.23. The fraction of sp³-hybridized carbons (Fsp3) is 0.440. The van der Waals surface area contributed by atoms with Crippen molar-refractivity contribution in [3.05, 3.63) is 65.9 Å². The first-order valence-corrected chi connectivity index (χ1v) is 10.7. The Kier molecular flexibility index (Phi) is 6.33. The summed E-state index contributed by atoms with van der Waals surface area (Å²) in [6, 6.07) is 17.3. The normalized spacial score (nSPS) is 17.8. The van der Waals surface area contributed by atoms with Crippen molar-refractivity contribution in [2.24, 2.45) is 5.92 Å². The van der Waals surface area contributed by atoms with E-state index in [-0.39, 0.29) is 0 Å². The van der Waals surface area contributed by atoms with Crippen molar-refractivity contribution in [2.45, 2.75) is 38.5 Å². The molecule has 1 N–H and O–H groups in total. The molecule has 1 aliphatic heterocycles. The number of hydrogen-bond acceptors (Lipinski definition) is 2. The van der Waals surface area contributed by atoms with Crippen LogP contribution in [0, 0.1) is 5.92 Å². The van der Waals surface area contributed by atoms with Gasteiger partial charge in [-0.15, -0.1) is 0 Å². The summed E-state index contributed by atoms with van der Waals surface area (Å²) in [5.41, 5.74) is 4.10. The van der Waals surface area contributed by atoms with Gasteiger partial charge in [-0.25, -0.2) is 0 Å². The van der Waals surface area contributed by atoms with Gasteiger partial charge in [0.15, 0.2) is 0 Å². The molecule has 3 heteroatoms. The average molecular weight is 377 g/mol. The number of piperidine rings is 1. The number of nitrogens with one attached hydrogen (secondary N) is 1. The standard InChI is InChI=1S/C25H32N2O/c1-28-23-12-13-24-22(18-26-25(24)17-23)11-5-6-14-27-15-7-10-21(19-27)16-20-8-3-2-4-9-20/h2-4,8-9,12-13,17-18,21,26H,5-7,10-11,14-16,19H2,1H3. The molecular weight excluding hydrogens is 344 g/mol. The Morgan fingerprint density at radius 2 is 2.00 bits per heavy atom. The highest BCUT2D eigenvalue weighted by molar-refractivity contribution is 5.84. The first-order valence-electron chi connectivity index (χ1n) is 10.7. The fourth-order valence-electron chi connectivity index (χ4n) is 4.62. The van der Waals surface area contributed by atoms with Crippen LogP contribution >= 0.6 is 0 Å². The molecule has 3 aromatic rings. The van der Waals surface area contributed by atoms with Crippen molar-refractivity contribution in [3.63, 3.8) is 0 Å². The lowest BCUT2D eigenvalue weighted by Crippen LogP contribution is -2.36. The molecule has 0 radical (unpaired) electrons. The van der Waals surface area contributed by atoms with Crippen molar-refractivity contribution in [3.8, 4) is 5.75 Å². The Morgan fingerprint density at radius 1 is 1.11 bits per heavy atom. The molecule has 0 saturated carbocycles. The lowest BCUT2D eigenvalue weighted by molar-refractivity contribution is 0.171. The van der Waals surface area contributed by atoms with Gasteiger partial charge in [0.1, 0.15) is 5.75 Å². The molecular formula is C25H32N2O. The van der Waals surface area contributed by atoms with Gasteiger partial charge in [0.25, 0.3) is 0 Å². The third-order valence-electron chi connectivity index (χ3n) is 6.12. The molecule has 0 aliphatic carbocycles. The summed E-state index contributed by atoms with van der Waals surface area (Å²) in [6.07, 6.45) is 9.80. The zero-order chi connectivity index (χ0) is 19.2. The number of hydrogen-bond donors (Lipinski definition) is 1. The number of fused-ring (bicyclic) bond motifs is 1. The van der Waals surface area contributed by atoms with Gasteiger partial charge in [-0.3, -0.25) is 0 Å². The Bertz CT molecular complexity index is 871. The van der Waals surface area contributed by atoms with Crippen LogP contribution < -0.4 is 4.74 Å². The van der Waals surface area contributed by atoms with Crippen molar-refractivity contribution in [1.29, 1.82) is 0 Å². The first kappa shape index (κ1) is 19.1. The number of aromatic nitrogens is 1. The summed E-state index contributed by atoms with van der Waals surface area (Å²) in [7, 11) is 1.72. The molecule has 2 heterocycles. The van der Waals surface area contributed by atoms with Crippen LogP contribution in [0.2, 0.25) is 0 Å². The van der Waals surface area contributed by atoms with E-state index >= 15 is 0 Å². The Morgan fingerprint density at radius 3 is 2.86 bits per heavy atom. The lowest BCUT2D eigenvalue weighted by Gasteiger charge is -2.32. The SMILES string of the molecule is COc1ccc2c(CCCCN3CCCC(Cc4ccccc4)C3)c[nH]c2c1. The highest BCUT2D eigenvalue weighted by Crippen LogP contribution is 2.25. The van der Waals surface area contributed by atoms with Crippen molar-refractivity contribution < 1.29 is 4.74 Å². The van der Waals surface area contributed by atoms with Gasteiger partial charge < -0.3 is 14.6 Å². The van der Waals surface area contributed by atoms with Crippen molar-refractivity contribution in [1.82, 2.24) is 9.88 Å². The number of ether oxygens (including phenoxy) is 1. The van der Waals surface area contributed by atoms with Crippen LogP contribution in [-0.4, -0.2) is 36.6 Å². The zero-order valence-electron chi connectivity index (χ0n) is 17.0. The van der Waals surface area contributed by atoms with Gasteiger partial charge in [0, 0.05) is 29.7 Å². The van der Waals surface area contributed by atoms with E-state index in [9.17, 15) is 0 Å². The van der Waals surface area contributed by atoms with Gasteiger partial charge in [-0.1, -0.05) is 30.3 Å². The second-order valence-corrected chi connectivity index (χ2v) is 8.18. The third kappa shape index (κ3) is 4.77. The minimum Gasteiger partial charge on any atom is -0.497 e. The lowest BCUT2D eigenvalue weighted by atomic mass is 9.91. The van der Waals surface area contributed by atoms with E-state index in [4.69, 9.17) is 4.74 Å². The third-order valence-corrected chi connectivity index (χ3v) is 6.12. The van der Waals surface area contributed by atoms with E-state index < -0.39 is 0 Å². The number of nitrogens with zero attached hydrogens (tertiary/aromatic N) is 1. The van der Waals surface area contributed by atoms with Crippen LogP contribution in [0.3, 0.4) is 0 Å². The molecule has 2 aromatic carbocycles. The maximum absolute atomic E-state index is 5.32. The van der Waals surface area contributed by atoms with Gasteiger partial charge in [0.2, 0.25) is 0 Å². The summed E-state index contributed by atoms with van der Waals surface area (Å²) >= 11 is 0. The maximum Gasteiger partial charge on any atom is 0.120 e. The van der Waals surface area contributed by atoms with Crippen LogP contribution in [-0.2, 0) is 12.8 Å². The minimum atomic E-state index is 0.819. The summed E-state index contributed by atoms with van der Waals surface area (Å²) < 4.78 is 5.32. The molecule has 0 bridgehead atoms. The van der Waals surface area contributed by atoms with Crippen molar-refractivity contribution in [2.75, 3.05) is 26.7 Å². The van der Waals surface area contributed by atoms with Gasteiger partial charge >= 0.3 is 0 Å². The van der Waals surface area contributed by atoms with E-state index in [2.05, 4.69) is 64.6 Å². The number of H-pyrrole nitrogens is 1. The van der Waals surface area contributed by atoms with E-state index in [1.54, 1.807) is 7.11 Å². The van der Waals surface area contributed by atoms with Gasteiger partial charge in [-0.05, 0) is 80.8 Å². The molecule has 1 saturated heterocycles. The number of rotatable bonds is 8. The number of likely N-dealkylation sites (tertiary alicyclic amines) is 1. The molecule has 0 spiro atoms. The van der Waals surface area contributed by atoms with Crippen LogP contribution in [0.15, 0.2) is 54.7 Å². The molecule has 148 valence electrons. The monoisotopic (exact) mass is 376 g/mol. The quantitative estimate of drug-likeness (QED) is 0.529.